The van der Waals surface area contributed by atoms with E-state index in [4.69, 9.17) is 11.6 Å². The molecule has 1 unspecified atom stereocenters. The van der Waals surface area contributed by atoms with Crippen molar-refractivity contribution in [2.24, 2.45) is 5.92 Å². The summed E-state index contributed by atoms with van der Waals surface area (Å²) in [4.78, 5) is 16.7. The molecular formula is C20H22ClN5O. The van der Waals surface area contributed by atoms with Crippen LogP contribution < -0.4 is 10.6 Å². The molecule has 2 aromatic heterocycles. The Bertz CT molecular complexity index is 860. The van der Waals surface area contributed by atoms with Crippen LogP contribution in [0.15, 0.2) is 61.1 Å². The number of urea groups is 1. The maximum Gasteiger partial charge on any atom is 0.315 e. The van der Waals surface area contributed by atoms with Crippen LogP contribution in [-0.4, -0.2) is 20.8 Å². The van der Waals surface area contributed by atoms with Gasteiger partial charge in [0.25, 0.3) is 0 Å². The van der Waals surface area contributed by atoms with Crippen molar-refractivity contribution < 1.29 is 4.79 Å². The van der Waals surface area contributed by atoms with E-state index >= 15 is 0 Å². The Morgan fingerprint density at radius 1 is 1.19 bits per heavy atom. The molecule has 0 aliphatic carbocycles. The Kier molecular flexibility index (Phi) is 6.08. The Hall–Kier alpha value is -2.86. The summed E-state index contributed by atoms with van der Waals surface area (Å²) in [6, 6.07) is 12.8. The van der Waals surface area contributed by atoms with E-state index in [2.05, 4.69) is 34.6 Å². The fraction of sp³-hybridized carbons (Fsp3) is 0.250. The number of hydrogen-bond acceptors (Lipinski definition) is 3. The molecule has 0 aliphatic rings. The van der Waals surface area contributed by atoms with Crippen LogP contribution in [0.3, 0.4) is 0 Å². The number of pyridine rings is 1. The lowest BCUT2D eigenvalue weighted by atomic mass is 9.96. The largest absolute Gasteiger partial charge is 0.334 e. The summed E-state index contributed by atoms with van der Waals surface area (Å²) in [5.41, 5.74) is 1.93. The molecule has 1 aromatic carbocycles. The van der Waals surface area contributed by atoms with E-state index in [1.807, 2.05) is 48.7 Å². The summed E-state index contributed by atoms with van der Waals surface area (Å²) in [6.07, 6.45) is 5.26. The third kappa shape index (κ3) is 5.08. The van der Waals surface area contributed by atoms with E-state index < -0.39 is 0 Å². The number of nitrogens with one attached hydrogen (secondary N) is 2. The highest BCUT2D eigenvalue weighted by Gasteiger charge is 2.18. The molecule has 0 saturated heterocycles. The summed E-state index contributed by atoms with van der Waals surface area (Å²) in [7, 11) is 0. The van der Waals surface area contributed by atoms with Crippen molar-refractivity contribution in [3.63, 3.8) is 0 Å². The molecular weight excluding hydrogens is 362 g/mol. The van der Waals surface area contributed by atoms with Crippen LogP contribution in [0.2, 0.25) is 5.02 Å². The maximum atomic E-state index is 12.3. The van der Waals surface area contributed by atoms with Gasteiger partial charge in [0, 0.05) is 30.2 Å². The molecule has 2 amide bonds. The first-order chi connectivity index (χ1) is 13.0. The highest BCUT2D eigenvalue weighted by atomic mass is 35.5. The van der Waals surface area contributed by atoms with Crippen molar-refractivity contribution in [2.45, 2.75) is 26.4 Å². The smallest absolute Gasteiger partial charge is 0.315 e. The minimum Gasteiger partial charge on any atom is -0.334 e. The molecule has 0 spiro atoms. The zero-order chi connectivity index (χ0) is 19.2. The highest BCUT2D eigenvalue weighted by Crippen LogP contribution is 2.23. The van der Waals surface area contributed by atoms with Crippen LogP contribution in [0.5, 0.6) is 0 Å². The van der Waals surface area contributed by atoms with Gasteiger partial charge in [0.1, 0.15) is 0 Å². The average molecular weight is 384 g/mol. The molecule has 0 fully saturated rings. The van der Waals surface area contributed by atoms with E-state index in [9.17, 15) is 4.79 Å². The third-order valence-corrected chi connectivity index (χ3v) is 4.44. The molecule has 27 heavy (non-hydrogen) atoms. The lowest BCUT2D eigenvalue weighted by Gasteiger charge is -2.23. The van der Waals surface area contributed by atoms with Gasteiger partial charge in [0.15, 0.2) is 5.82 Å². The van der Waals surface area contributed by atoms with Crippen LogP contribution in [0.25, 0.3) is 5.82 Å². The normalized spacial score (nSPS) is 12.0. The van der Waals surface area contributed by atoms with Crippen molar-refractivity contribution in [1.82, 2.24) is 25.4 Å². The molecule has 0 bridgehead atoms. The van der Waals surface area contributed by atoms with Crippen molar-refractivity contribution in [3.8, 4) is 5.82 Å². The molecule has 6 nitrogen and oxygen atoms in total. The summed E-state index contributed by atoms with van der Waals surface area (Å²) >= 11 is 5.95. The monoisotopic (exact) mass is 383 g/mol. The molecule has 0 aliphatic heterocycles. The lowest BCUT2D eigenvalue weighted by Crippen LogP contribution is -2.39. The zero-order valence-electron chi connectivity index (χ0n) is 15.3. The van der Waals surface area contributed by atoms with Gasteiger partial charge in [0.2, 0.25) is 0 Å². The Labute approximate surface area is 163 Å². The molecule has 7 heteroatoms. The van der Waals surface area contributed by atoms with Gasteiger partial charge in [0.05, 0.1) is 6.04 Å². The summed E-state index contributed by atoms with van der Waals surface area (Å²) in [5, 5.41) is 10.7. The average Bonchev–Trinajstić information content (AvgIpc) is 3.20. The molecule has 3 rings (SSSR count). The molecule has 140 valence electrons. The molecule has 3 aromatic rings. The lowest BCUT2D eigenvalue weighted by molar-refractivity contribution is 0.232. The van der Waals surface area contributed by atoms with E-state index in [1.54, 1.807) is 17.1 Å². The third-order valence-electron chi connectivity index (χ3n) is 4.18. The van der Waals surface area contributed by atoms with E-state index in [-0.39, 0.29) is 18.0 Å². The number of amides is 2. The fourth-order valence-corrected chi connectivity index (χ4v) is 2.87. The second-order valence-electron chi connectivity index (χ2n) is 6.58. The van der Waals surface area contributed by atoms with Crippen LogP contribution >= 0.6 is 11.6 Å². The first kappa shape index (κ1) is 18.9. The summed E-state index contributed by atoms with van der Waals surface area (Å²) in [6.45, 7) is 4.53. The van der Waals surface area contributed by atoms with Gasteiger partial charge in [-0.1, -0.05) is 43.6 Å². The zero-order valence-corrected chi connectivity index (χ0v) is 16.0. The van der Waals surface area contributed by atoms with Crippen LogP contribution in [0.4, 0.5) is 4.79 Å². The van der Waals surface area contributed by atoms with E-state index in [1.165, 1.54) is 0 Å². The predicted octanol–water partition coefficient (Wildman–Crippen LogP) is 4.12. The second kappa shape index (κ2) is 8.68. The van der Waals surface area contributed by atoms with E-state index in [0.29, 0.717) is 11.6 Å². The topological polar surface area (TPSA) is 71.8 Å². The predicted molar refractivity (Wildman–Crippen MR) is 106 cm³/mol. The molecule has 2 N–H and O–H groups in total. The fourth-order valence-electron chi connectivity index (χ4n) is 2.74. The minimum atomic E-state index is -0.222. The maximum absolute atomic E-state index is 12.3. The van der Waals surface area contributed by atoms with Gasteiger partial charge < -0.3 is 10.6 Å². The number of carbonyl (C=O) groups excluding carboxylic acids is 1. The van der Waals surface area contributed by atoms with Gasteiger partial charge >= 0.3 is 6.03 Å². The number of halogens is 1. The van der Waals surface area contributed by atoms with E-state index in [0.717, 1.165) is 16.9 Å². The molecule has 0 saturated carbocycles. The summed E-state index contributed by atoms with van der Waals surface area (Å²) < 4.78 is 1.68. The first-order valence-electron chi connectivity index (χ1n) is 8.77. The number of aromatic nitrogens is 3. The van der Waals surface area contributed by atoms with Crippen LogP contribution in [0.1, 0.15) is 31.0 Å². The van der Waals surface area contributed by atoms with Crippen LogP contribution in [-0.2, 0) is 6.54 Å². The number of rotatable bonds is 6. The number of hydrogen-bond donors (Lipinski definition) is 2. The van der Waals surface area contributed by atoms with Gasteiger partial charge in [-0.3, -0.25) is 0 Å². The Morgan fingerprint density at radius 2 is 1.96 bits per heavy atom. The van der Waals surface area contributed by atoms with Crippen molar-refractivity contribution in [1.29, 1.82) is 0 Å². The second-order valence-corrected chi connectivity index (χ2v) is 7.01. The summed E-state index contributed by atoms with van der Waals surface area (Å²) in [5.74, 6) is 0.975. The number of nitrogens with zero attached hydrogens (tertiary/aromatic N) is 3. The standard InChI is InChI=1S/C20H22ClN5O/c1-14(2)19(16-5-7-17(21)8-6-16)25-20(27)23-13-15-4-9-18(22-12-15)26-11-3-10-24-26/h3-12,14,19H,13H2,1-2H3,(H2,23,25,27). The van der Waals surface area contributed by atoms with Crippen molar-refractivity contribution >= 4 is 17.6 Å². The molecule has 1 atom stereocenters. The minimum absolute atomic E-state index is 0.0948. The van der Waals surface area contributed by atoms with Crippen molar-refractivity contribution in [3.05, 3.63) is 77.2 Å². The molecule has 2 heterocycles. The Balaban J connectivity index is 1.57. The van der Waals surface area contributed by atoms with Crippen LogP contribution in [0, 0.1) is 5.92 Å². The molecule has 0 radical (unpaired) electrons. The first-order valence-corrected chi connectivity index (χ1v) is 9.15. The van der Waals surface area contributed by atoms with Gasteiger partial charge in [-0.25, -0.2) is 14.5 Å². The Morgan fingerprint density at radius 3 is 2.56 bits per heavy atom. The number of carbonyl (C=O) groups is 1. The van der Waals surface area contributed by atoms with Gasteiger partial charge in [-0.05, 0) is 41.3 Å². The SMILES string of the molecule is CC(C)C(NC(=O)NCc1ccc(-n2cccn2)nc1)c1ccc(Cl)cc1. The number of benzene rings is 1. The van der Waals surface area contributed by atoms with Crippen molar-refractivity contribution in [2.75, 3.05) is 0 Å². The quantitative estimate of drug-likeness (QED) is 0.672. The van der Waals surface area contributed by atoms with Gasteiger partial charge in [-0.2, -0.15) is 5.10 Å². The highest BCUT2D eigenvalue weighted by molar-refractivity contribution is 6.30. The van der Waals surface area contributed by atoms with Gasteiger partial charge in [-0.15, -0.1) is 0 Å².